The number of amides is 1. The number of benzene rings is 1. The Hall–Kier alpha value is -3.68. The Morgan fingerprint density at radius 3 is 2.77 bits per heavy atom. The molecule has 8 heteroatoms. The summed E-state index contributed by atoms with van der Waals surface area (Å²) in [5.41, 5.74) is 9.66. The van der Waals surface area contributed by atoms with Gasteiger partial charge in [-0.05, 0) is 11.6 Å². The van der Waals surface area contributed by atoms with Crippen LogP contribution in [0.2, 0.25) is 0 Å². The van der Waals surface area contributed by atoms with Crippen molar-refractivity contribution in [3.8, 4) is 11.3 Å². The van der Waals surface area contributed by atoms with Crippen molar-refractivity contribution in [2.75, 3.05) is 11.9 Å². The SMILES string of the molecule is CN(Cc1ccccc1)c1c(C(N)=O)nn2c(-c3cn[nH]c3)ccnc12. The summed E-state index contributed by atoms with van der Waals surface area (Å²) in [6.45, 7) is 0.597. The van der Waals surface area contributed by atoms with E-state index in [1.54, 1.807) is 23.1 Å². The average Bonchev–Trinajstić information content (AvgIpc) is 3.30. The van der Waals surface area contributed by atoms with E-state index < -0.39 is 5.91 Å². The summed E-state index contributed by atoms with van der Waals surface area (Å²) in [6.07, 6.45) is 5.13. The number of H-pyrrole nitrogens is 1. The summed E-state index contributed by atoms with van der Waals surface area (Å²) in [5.74, 6) is -0.594. The van der Waals surface area contributed by atoms with Crippen LogP contribution in [-0.2, 0) is 6.54 Å². The minimum absolute atomic E-state index is 0.187. The van der Waals surface area contributed by atoms with E-state index in [0.717, 1.165) is 16.8 Å². The Morgan fingerprint density at radius 1 is 1.27 bits per heavy atom. The minimum atomic E-state index is -0.594. The van der Waals surface area contributed by atoms with Crippen molar-refractivity contribution in [3.63, 3.8) is 0 Å². The monoisotopic (exact) mass is 347 g/mol. The largest absolute Gasteiger partial charge is 0.365 e. The van der Waals surface area contributed by atoms with Crippen molar-refractivity contribution in [2.45, 2.75) is 6.54 Å². The number of aromatic amines is 1. The third-order valence-corrected chi connectivity index (χ3v) is 4.17. The van der Waals surface area contributed by atoms with Crippen LogP contribution in [0.15, 0.2) is 55.0 Å². The van der Waals surface area contributed by atoms with E-state index in [4.69, 9.17) is 5.73 Å². The predicted octanol–water partition coefficient (Wildman–Crippen LogP) is 1.85. The molecule has 0 aliphatic rings. The third-order valence-electron chi connectivity index (χ3n) is 4.17. The van der Waals surface area contributed by atoms with E-state index in [1.165, 1.54) is 0 Å². The Balaban J connectivity index is 1.86. The van der Waals surface area contributed by atoms with Crippen LogP contribution in [0.1, 0.15) is 16.1 Å². The minimum Gasteiger partial charge on any atom is -0.365 e. The van der Waals surface area contributed by atoms with Crippen molar-refractivity contribution < 1.29 is 4.79 Å². The molecule has 3 aromatic heterocycles. The Labute approximate surface area is 149 Å². The lowest BCUT2D eigenvalue weighted by Crippen LogP contribution is -2.21. The predicted molar refractivity (Wildman–Crippen MR) is 97.6 cm³/mol. The number of anilines is 1. The molecule has 0 unspecified atom stereocenters. The molecule has 0 fully saturated rings. The molecule has 3 N–H and O–H groups in total. The number of hydrogen-bond donors (Lipinski definition) is 2. The smallest absolute Gasteiger partial charge is 0.271 e. The normalized spacial score (nSPS) is 11.0. The highest BCUT2D eigenvalue weighted by Crippen LogP contribution is 2.28. The van der Waals surface area contributed by atoms with E-state index in [1.807, 2.05) is 48.3 Å². The van der Waals surface area contributed by atoms with Gasteiger partial charge >= 0.3 is 0 Å². The summed E-state index contributed by atoms with van der Waals surface area (Å²) in [7, 11) is 1.89. The summed E-state index contributed by atoms with van der Waals surface area (Å²) in [4.78, 5) is 18.4. The summed E-state index contributed by atoms with van der Waals surface area (Å²) < 4.78 is 1.63. The standard InChI is InChI=1S/C18H17N7O/c1-24(11-12-5-3-2-4-6-12)16-15(17(19)26)23-25-14(7-8-20-18(16)25)13-9-21-22-10-13/h2-10H,11H2,1H3,(H2,19,26)(H,21,22). The molecule has 130 valence electrons. The first-order valence-corrected chi connectivity index (χ1v) is 8.07. The number of hydrogen-bond acceptors (Lipinski definition) is 5. The van der Waals surface area contributed by atoms with Gasteiger partial charge in [0, 0.05) is 31.5 Å². The highest BCUT2D eigenvalue weighted by molar-refractivity contribution is 6.00. The van der Waals surface area contributed by atoms with Crippen LogP contribution in [0.25, 0.3) is 16.9 Å². The topological polar surface area (TPSA) is 105 Å². The van der Waals surface area contributed by atoms with E-state index >= 15 is 0 Å². The Bertz CT molecular complexity index is 1050. The number of aromatic nitrogens is 5. The lowest BCUT2D eigenvalue weighted by molar-refractivity contribution is 0.0995. The van der Waals surface area contributed by atoms with Gasteiger partial charge in [-0.25, -0.2) is 9.50 Å². The van der Waals surface area contributed by atoms with E-state index in [0.29, 0.717) is 17.9 Å². The van der Waals surface area contributed by atoms with Crippen LogP contribution in [0, 0.1) is 0 Å². The molecule has 0 radical (unpaired) electrons. The van der Waals surface area contributed by atoms with Gasteiger partial charge in [-0.2, -0.15) is 10.2 Å². The van der Waals surface area contributed by atoms with Crippen molar-refractivity contribution in [1.82, 2.24) is 24.8 Å². The first-order valence-electron chi connectivity index (χ1n) is 8.07. The molecule has 8 nitrogen and oxygen atoms in total. The molecular formula is C18H17N7O. The average molecular weight is 347 g/mol. The maximum absolute atomic E-state index is 12.0. The zero-order valence-corrected chi connectivity index (χ0v) is 14.1. The zero-order chi connectivity index (χ0) is 18.1. The first-order chi connectivity index (χ1) is 12.6. The Morgan fingerprint density at radius 2 is 2.08 bits per heavy atom. The van der Waals surface area contributed by atoms with Crippen molar-refractivity contribution in [2.24, 2.45) is 5.73 Å². The van der Waals surface area contributed by atoms with Gasteiger partial charge < -0.3 is 10.6 Å². The molecule has 0 aliphatic heterocycles. The maximum atomic E-state index is 12.0. The maximum Gasteiger partial charge on any atom is 0.271 e. The molecule has 0 spiro atoms. The van der Waals surface area contributed by atoms with Gasteiger partial charge in [-0.1, -0.05) is 30.3 Å². The summed E-state index contributed by atoms with van der Waals surface area (Å²) in [5, 5.41) is 11.2. The Kier molecular flexibility index (Phi) is 3.85. The number of carbonyl (C=O) groups excluding carboxylic acids is 1. The van der Waals surface area contributed by atoms with E-state index in [-0.39, 0.29) is 5.69 Å². The highest BCUT2D eigenvalue weighted by Gasteiger charge is 2.23. The van der Waals surface area contributed by atoms with Crippen LogP contribution >= 0.6 is 0 Å². The molecule has 3 heterocycles. The summed E-state index contributed by atoms with van der Waals surface area (Å²) in [6, 6.07) is 11.8. The fourth-order valence-electron chi connectivity index (χ4n) is 3.00. The second-order valence-corrected chi connectivity index (χ2v) is 5.96. The third kappa shape index (κ3) is 2.67. The first kappa shape index (κ1) is 15.8. The zero-order valence-electron chi connectivity index (χ0n) is 14.1. The fourth-order valence-corrected chi connectivity index (χ4v) is 3.00. The van der Waals surface area contributed by atoms with Crippen molar-refractivity contribution in [1.29, 1.82) is 0 Å². The molecule has 1 amide bonds. The number of fused-ring (bicyclic) bond motifs is 1. The van der Waals surface area contributed by atoms with Crippen LogP contribution in [0.4, 0.5) is 5.69 Å². The second kappa shape index (κ2) is 6.32. The fraction of sp³-hybridized carbons (Fsp3) is 0.111. The number of rotatable bonds is 5. The van der Waals surface area contributed by atoms with Crippen LogP contribution in [0.5, 0.6) is 0 Å². The molecule has 0 saturated heterocycles. The molecular weight excluding hydrogens is 330 g/mol. The molecule has 0 atom stereocenters. The van der Waals surface area contributed by atoms with Gasteiger partial charge in [0.1, 0.15) is 5.69 Å². The molecule has 4 rings (SSSR count). The molecule has 26 heavy (non-hydrogen) atoms. The van der Waals surface area contributed by atoms with Gasteiger partial charge in [0.15, 0.2) is 11.3 Å². The molecule has 4 aromatic rings. The number of carbonyl (C=O) groups is 1. The quantitative estimate of drug-likeness (QED) is 0.573. The molecule has 0 bridgehead atoms. The number of primary amides is 1. The number of nitrogens with zero attached hydrogens (tertiary/aromatic N) is 5. The van der Waals surface area contributed by atoms with Crippen molar-refractivity contribution >= 4 is 17.2 Å². The van der Waals surface area contributed by atoms with Gasteiger partial charge in [-0.3, -0.25) is 9.89 Å². The van der Waals surface area contributed by atoms with Gasteiger partial charge in [0.2, 0.25) is 0 Å². The van der Waals surface area contributed by atoms with Crippen LogP contribution in [-0.4, -0.2) is 37.8 Å². The van der Waals surface area contributed by atoms with Crippen LogP contribution < -0.4 is 10.6 Å². The molecule has 0 saturated carbocycles. The molecule has 1 aromatic carbocycles. The van der Waals surface area contributed by atoms with Gasteiger partial charge in [-0.15, -0.1) is 0 Å². The van der Waals surface area contributed by atoms with E-state index in [2.05, 4.69) is 20.3 Å². The summed E-state index contributed by atoms with van der Waals surface area (Å²) >= 11 is 0. The lowest BCUT2D eigenvalue weighted by atomic mass is 10.2. The van der Waals surface area contributed by atoms with Crippen LogP contribution in [0.3, 0.4) is 0 Å². The van der Waals surface area contributed by atoms with Crippen molar-refractivity contribution in [3.05, 3.63) is 66.2 Å². The lowest BCUT2D eigenvalue weighted by Gasteiger charge is -2.18. The molecule has 0 aliphatic carbocycles. The van der Waals surface area contributed by atoms with Gasteiger partial charge in [0.25, 0.3) is 5.91 Å². The highest BCUT2D eigenvalue weighted by atomic mass is 16.1. The van der Waals surface area contributed by atoms with E-state index in [9.17, 15) is 4.79 Å². The second-order valence-electron chi connectivity index (χ2n) is 5.96. The number of nitrogens with two attached hydrogens (primary N) is 1. The number of nitrogens with one attached hydrogen (secondary N) is 1. The van der Waals surface area contributed by atoms with Gasteiger partial charge in [0.05, 0.1) is 11.9 Å².